The van der Waals surface area contributed by atoms with Crippen LogP contribution in [0.5, 0.6) is 0 Å². The molecule has 3 amide bonds. The first-order valence-corrected chi connectivity index (χ1v) is 13.0. The minimum atomic E-state index is -5.22. The van der Waals surface area contributed by atoms with Crippen LogP contribution in [0.2, 0.25) is 0 Å². The molecular weight excluding hydrogens is 549 g/mol. The number of hydrogen-bond donors (Lipinski definition) is 2. The Morgan fingerprint density at radius 2 is 1.73 bits per heavy atom. The van der Waals surface area contributed by atoms with Crippen LogP contribution in [0.15, 0.2) is 24.5 Å². The first-order chi connectivity index (χ1) is 18.9. The van der Waals surface area contributed by atoms with Crippen LogP contribution >= 0.6 is 0 Å². The second-order valence-electron chi connectivity index (χ2n) is 11.8. The molecule has 1 aromatic heterocycles. The number of alkyl halides is 3. The molecule has 1 aliphatic rings. The number of nitrogens with one attached hydrogen (secondary N) is 2. The summed E-state index contributed by atoms with van der Waals surface area (Å²) in [7, 11) is 0. The molecule has 13 heteroatoms. The average molecular weight is 582 g/mol. The number of nitrogens with zero attached hydrogens (tertiary/aromatic N) is 3. The van der Waals surface area contributed by atoms with Crippen molar-refractivity contribution in [2.45, 2.75) is 71.8 Å². The molecule has 1 unspecified atom stereocenters. The van der Waals surface area contributed by atoms with Gasteiger partial charge >= 0.3 is 12.1 Å². The SMILES string of the molecule is CC(C)C[C@@H]1C[C@@H](C(=O)NC(C#N)c2cncc3cc(F)c(F)cc23)N(C(=O)[C@@H](NC(=O)C(F)(F)F)C(C)(C)C)C1. The van der Waals surface area contributed by atoms with Gasteiger partial charge in [0.05, 0.1) is 6.07 Å². The largest absolute Gasteiger partial charge is 0.471 e. The lowest BCUT2D eigenvalue weighted by Gasteiger charge is -2.35. The summed E-state index contributed by atoms with van der Waals surface area (Å²) in [5.74, 6) is -6.16. The summed E-state index contributed by atoms with van der Waals surface area (Å²) in [4.78, 5) is 44.1. The number of likely N-dealkylation sites (tertiary alicyclic amines) is 1. The number of hydrogen-bond acceptors (Lipinski definition) is 5. The molecule has 4 atom stereocenters. The van der Waals surface area contributed by atoms with Crippen molar-refractivity contribution in [1.82, 2.24) is 20.5 Å². The van der Waals surface area contributed by atoms with Crippen LogP contribution in [0.1, 0.15) is 59.1 Å². The standard InChI is InChI=1S/C28H32F5N5O3/c1-14(2)6-15-7-22(38(13-15)25(40)23(27(3,4)5)37-26(41)28(31,32)33)24(39)36-21(10-34)18-12-35-11-16-8-19(29)20(30)9-17(16)18/h8-9,11-12,14-15,21-23H,6-7,13H2,1-5H3,(H,36,39)(H,37,41)/t15-,21?,22+,23-/m1/s1. The first-order valence-electron chi connectivity index (χ1n) is 13.0. The molecule has 41 heavy (non-hydrogen) atoms. The van der Waals surface area contributed by atoms with E-state index in [0.29, 0.717) is 6.42 Å². The lowest BCUT2D eigenvalue weighted by atomic mass is 9.85. The number of carbonyl (C=O) groups is 3. The Kier molecular flexibility index (Phi) is 9.25. The van der Waals surface area contributed by atoms with Gasteiger partial charge in [0.2, 0.25) is 11.8 Å². The molecule has 2 N–H and O–H groups in total. The highest BCUT2D eigenvalue weighted by molar-refractivity contribution is 5.94. The number of fused-ring (bicyclic) bond motifs is 1. The van der Waals surface area contributed by atoms with Crippen molar-refractivity contribution < 1.29 is 36.3 Å². The van der Waals surface area contributed by atoms with Crippen molar-refractivity contribution in [3.8, 4) is 6.07 Å². The smallest absolute Gasteiger partial charge is 0.336 e. The lowest BCUT2D eigenvalue weighted by molar-refractivity contribution is -0.176. The van der Waals surface area contributed by atoms with Gasteiger partial charge in [-0.1, -0.05) is 34.6 Å². The highest BCUT2D eigenvalue weighted by Gasteiger charge is 2.48. The molecule has 3 rings (SSSR count). The summed E-state index contributed by atoms with van der Waals surface area (Å²) in [6.07, 6.45) is -1.93. The molecule has 0 radical (unpaired) electrons. The third-order valence-corrected chi connectivity index (χ3v) is 6.98. The zero-order chi connectivity index (χ0) is 30.9. The maximum Gasteiger partial charge on any atom is 0.471 e. The Labute approximate surface area is 234 Å². The van der Waals surface area contributed by atoms with Crippen LogP contribution in [-0.4, -0.2) is 52.4 Å². The maximum absolute atomic E-state index is 14.0. The molecule has 1 aliphatic heterocycles. The molecular formula is C28H32F5N5O3. The third-order valence-electron chi connectivity index (χ3n) is 6.98. The van der Waals surface area contributed by atoms with E-state index in [1.807, 2.05) is 19.9 Å². The van der Waals surface area contributed by atoms with E-state index in [9.17, 15) is 41.6 Å². The Morgan fingerprint density at radius 3 is 2.29 bits per heavy atom. The molecule has 0 saturated carbocycles. The van der Waals surface area contributed by atoms with Crippen LogP contribution < -0.4 is 10.6 Å². The molecule has 222 valence electrons. The van der Waals surface area contributed by atoms with Crippen molar-refractivity contribution in [2.75, 3.05) is 6.54 Å². The number of aromatic nitrogens is 1. The van der Waals surface area contributed by atoms with Gasteiger partial charge in [0.15, 0.2) is 11.6 Å². The Morgan fingerprint density at radius 1 is 1.10 bits per heavy atom. The van der Waals surface area contributed by atoms with Crippen LogP contribution in [0, 0.1) is 40.2 Å². The fraction of sp³-hybridized carbons (Fsp3) is 0.536. The lowest BCUT2D eigenvalue weighted by Crippen LogP contribution is -2.59. The van der Waals surface area contributed by atoms with Gasteiger partial charge in [0, 0.05) is 29.9 Å². The maximum atomic E-state index is 14.0. The second-order valence-corrected chi connectivity index (χ2v) is 11.8. The van der Waals surface area contributed by atoms with Crippen molar-refractivity contribution >= 4 is 28.5 Å². The fourth-order valence-corrected chi connectivity index (χ4v) is 5.11. The quantitative estimate of drug-likeness (QED) is 0.466. The van der Waals surface area contributed by atoms with E-state index < -0.39 is 59.1 Å². The topological polar surface area (TPSA) is 115 Å². The molecule has 2 aromatic rings. The van der Waals surface area contributed by atoms with E-state index in [0.717, 1.165) is 17.0 Å². The van der Waals surface area contributed by atoms with Gasteiger partial charge in [-0.3, -0.25) is 19.4 Å². The number of pyridine rings is 1. The van der Waals surface area contributed by atoms with Crippen LogP contribution in [0.3, 0.4) is 0 Å². The summed E-state index contributed by atoms with van der Waals surface area (Å²) in [5, 5.41) is 14.5. The summed E-state index contributed by atoms with van der Waals surface area (Å²) in [5.41, 5.74) is -1.05. The van der Waals surface area contributed by atoms with Gasteiger partial charge in [-0.05, 0) is 47.6 Å². The molecule has 0 bridgehead atoms. The normalized spacial score (nSPS) is 19.1. The van der Waals surface area contributed by atoms with Gasteiger partial charge in [0.1, 0.15) is 18.1 Å². The highest BCUT2D eigenvalue weighted by Crippen LogP contribution is 2.33. The summed E-state index contributed by atoms with van der Waals surface area (Å²) < 4.78 is 67.0. The highest BCUT2D eigenvalue weighted by atomic mass is 19.4. The summed E-state index contributed by atoms with van der Waals surface area (Å²) in [6.45, 7) is 8.42. The number of halogens is 5. The van der Waals surface area contributed by atoms with Gasteiger partial charge < -0.3 is 15.5 Å². The Bertz CT molecular complexity index is 1370. The summed E-state index contributed by atoms with van der Waals surface area (Å²) in [6, 6.07) is -0.427. The van der Waals surface area contributed by atoms with E-state index in [4.69, 9.17) is 0 Å². The molecule has 1 saturated heterocycles. The zero-order valence-corrected chi connectivity index (χ0v) is 23.3. The first kappa shape index (κ1) is 31.7. The minimum absolute atomic E-state index is 0.0566. The Balaban J connectivity index is 1.95. The molecule has 0 aliphatic carbocycles. The third kappa shape index (κ3) is 7.28. The van der Waals surface area contributed by atoms with Gasteiger partial charge in [-0.2, -0.15) is 18.4 Å². The van der Waals surface area contributed by atoms with Crippen molar-refractivity contribution in [3.05, 3.63) is 41.7 Å². The van der Waals surface area contributed by atoms with E-state index in [2.05, 4.69) is 10.3 Å². The molecule has 8 nitrogen and oxygen atoms in total. The van der Waals surface area contributed by atoms with Crippen molar-refractivity contribution in [2.24, 2.45) is 17.3 Å². The monoisotopic (exact) mass is 581 g/mol. The molecule has 0 spiro atoms. The molecule has 1 fully saturated rings. The average Bonchev–Trinajstić information content (AvgIpc) is 3.27. The number of nitriles is 1. The number of benzene rings is 1. The van der Waals surface area contributed by atoms with Gasteiger partial charge in [-0.25, -0.2) is 8.78 Å². The van der Waals surface area contributed by atoms with E-state index in [-0.39, 0.29) is 41.1 Å². The fourth-order valence-electron chi connectivity index (χ4n) is 5.11. The minimum Gasteiger partial charge on any atom is -0.336 e. The van der Waals surface area contributed by atoms with Crippen molar-refractivity contribution in [3.63, 3.8) is 0 Å². The number of rotatable bonds is 7. The second kappa shape index (κ2) is 12.0. The van der Waals surface area contributed by atoms with Gasteiger partial charge in [-0.15, -0.1) is 0 Å². The number of carbonyl (C=O) groups excluding carboxylic acids is 3. The van der Waals surface area contributed by atoms with Crippen LogP contribution in [-0.2, 0) is 14.4 Å². The zero-order valence-electron chi connectivity index (χ0n) is 23.3. The Hall–Kier alpha value is -3.82. The molecule has 1 aromatic carbocycles. The van der Waals surface area contributed by atoms with Gasteiger partial charge in [0.25, 0.3) is 0 Å². The van der Waals surface area contributed by atoms with E-state index in [1.54, 1.807) is 5.32 Å². The predicted octanol–water partition coefficient (Wildman–Crippen LogP) is 4.55. The van der Waals surface area contributed by atoms with Crippen LogP contribution in [0.25, 0.3) is 10.8 Å². The van der Waals surface area contributed by atoms with Crippen molar-refractivity contribution in [1.29, 1.82) is 5.26 Å². The molecule has 2 heterocycles. The number of amides is 3. The van der Waals surface area contributed by atoms with Crippen LogP contribution in [0.4, 0.5) is 22.0 Å². The predicted molar refractivity (Wildman–Crippen MR) is 139 cm³/mol. The van der Waals surface area contributed by atoms with E-state index in [1.165, 1.54) is 33.2 Å². The van der Waals surface area contributed by atoms with E-state index >= 15 is 0 Å². The summed E-state index contributed by atoms with van der Waals surface area (Å²) >= 11 is 0.